The number of carbonyl (C=O) groups excluding carboxylic acids is 3. The predicted octanol–water partition coefficient (Wildman–Crippen LogP) is 0.0815. The number of nitrogens with zero attached hydrogens (tertiary/aromatic N) is 4. The molecule has 2 N–H and O–H groups in total. The van der Waals surface area contributed by atoms with Gasteiger partial charge in [-0.3, -0.25) is 14.9 Å². The van der Waals surface area contributed by atoms with Gasteiger partial charge in [0.25, 0.3) is 11.8 Å². The standard InChI is InChI=1S/C16H16N6O3/c23-13(11-3-1-6-17-12(11)22-8-2-7-18-22)21-9-4-16(5-10-21)14(24)19-15(25)20-16/h1-3,6-8H,4-5,9-10H2,(H2,19,20,24,25). The van der Waals surface area contributed by atoms with Crippen LogP contribution in [-0.2, 0) is 4.79 Å². The molecular formula is C16H16N6O3. The minimum Gasteiger partial charge on any atom is -0.338 e. The third-order valence-corrected chi connectivity index (χ3v) is 4.66. The second-order valence-corrected chi connectivity index (χ2v) is 6.11. The molecule has 9 heteroatoms. The number of pyridine rings is 1. The second-order valence-electron chi connectivity index (χ2n) is 6.11. The number of urea groups is 1. The van der Waals surface area contributed by atoms with Gasteiger partial charge in [-0.15, -0.1) is 0 Å². The highest BCUT2D eigenvalue weighted by atomic mass is 16.2. The van der Waals surface area contributed by atoms with Crippen molar-refractivity contribution >= 4 is 17.8 Å². The summed E-state index contributed by atoms with van der Waals surface area (Å²) in [7, 11) is 0. The van der Waals surface area contributed by atoms with Crippen LogP contribution in [0.1, 0.15) is 23.2 Å². The molecule has 128 valence electrons. The Morgan fingerprint density at radius 2 is 1.96 bits per heavy atom. The minimum absolute atomic E-state index is 0.168. The van der Waals surface area contributed by atoms with Gasteiger partial charge < -0.3 is 10.2 Å². The fraction of sp³-hybridized carbons (Fsp3) is 0.312. The minimum atomic E-state index is -0.895. The van der Waals surface area contributed by atoms with Gasteiger partial charge in [-0.2, -0.15) is 5.10 Å². The van der Waals surface area contributed by atoms with Gasteiger partial charge in [0.15, 0.2) is 5.82 Å². The van der Waals surface area contributed by atoms with E-state index in [1.54, 1.807) is 46.4 Å². The highest BCUT2D eigenvalue weighted by Gasteiger charge is 2.48. The quantitative estimate of drug-likeness (QED) is 0.753. The van der Waals surface area contributed by atoms with Gasteiger partial charge in [-0.25, -0.2) is 14.5 Å². The number of carbonyl (C=O) groups is 3. The van der Waals surface area contributed by atoms with Crippen molar-refractivity contribution in [3.63, 3.8) is 0 Å². The Hall–Kier alpha value is -3.23. The number of likely N-dealkylation sites (tertiary alicyclic amines) is 1. The molecule has 2 saturated heterocycles. The van der Waals surface area contributed by atoms with E-state index >= 15 is 0 Å². The fourth-order valence-electron chi connectivity index (χ4n) is 3.28. The molecule has 2 aliphatic heterocycles. The van der Waals surface area contributed by atoms with E-state index in [9.17, 15) is 14.4 Å². The van der Waals surface area contributed by atoms with Crippen LogP contribution in [0.5, 0.6) is 0 Å². The number of rotatable bonds is 2. The number of piperidine rings is 1. The molecule has 0 aromatic carbocycles. The summed E-state index contributed by atoms with van der Waals surface area (Å²) >= 11 is 0. The van der Waals surface area contributed by atoms with Crippen LogP contribution < -0.4 is 10.6 Å². The molecule has 2 aromatic rings. The average molecular weight is 340 g/mol. The lowest BCUT2D eigenvalue weighted by atomic mass is 9.87. The summed E-state index contributed by atoms with van der Waals surface area (Å²) in [6.07, 6.45) is 5.72. The van der Waals surface area contributed by atoms with Crippen LogP contribution in [-0.4, -0.2) is 56.1 Å². The zero-order valence-electron chi connectivity index (χ0n) is 13.3. The summed E-state index contributed by atoms with van der Waals surface area (Å²) in [4.78, 5) is 42.3. The molecule has 9 nitrogen and oxygen atoms in total. The van der Waals surface area contributed by atoms with Crippen LogP contribution in [0.4, 0.5) is 4.79 Å². The van der Waals surface area contributed by atoms with Crippen molar-refractivity contribution in [1.82, 2.24) is 30.3 Å². The van der Waals surface area contributed by atoms with Crippen LogP contribution >= 0.6 is 0 Å². The van der Waals surface area contributed by atoms with E-state index in [0.29, 0.717) is 37.3 Å². The number of nitrogens with one attached hydrogen (secondary N) is 2. The van der Waals surface area contributed by atoms with Crippen molar-refractivity contribution in [2.45, 2.75) is 18.4 Å². The van der Waals surface area contributed by atoms with Gasteiger partial charge in [0.1, 0.15) is 5.54 Å². The van der Waals surface area contributed by atoms with Gasteiger partial charge in [0.05, 0.1) is 5.56 Å². The van der Waals surface area contributed by atoms with Gasteiger partial charge in [0.2, 0.25) is 0 Å². The van der Waals surface area contributed by atoms with Crippen LogP contribution in [0.2, 0.25) is 0 Å². The van der Waals surface area contributed by atoms with Crippen LogP contribution in [0.15, 0.2) is 36.8 Å². The number of amides is 4. The first-order valence-corrected chi connectivity index (χ1v) is 7.97. The van der Waals surface area contributed by atoms with Gasteiger partial charge in [-0.05, 0) is 31.0 Å². The highest BCUT2D eigenvalue weighted by molar-refractivity contribution is 6.07. The number of aromatic nitrogens is 3. The van der Waals surface area contributed by atoms with E-state index < -0.39 is 11.6 Å². The van der Waals surface area contributed by atoms with E-state index in [-0.39, 0.29) is 11.8 Å². The Kier molecular flexibility index (Phi) is 3.48. The SMILES string of the molecule is O=C1NC(=O)C2(CCN(C(=O)c3cccnc3-n3cccn3)CC2)N1. The Labute approximate surface area is 143 Å². The number of hydrogen-bond donors (Lipinski definition) is 2. The summed E-state index contributed by atoms with van der Waals surface area (Å²) in [5.74, 6) is -0.0221. The van der Waals surface area contributed by atoms with Crippen molar-refractivity contribution in [2.75, 3.05) is 13.1 Å². The lowest BCUT2D eigenvalue weighted by Gasteiger charge is -2.37. The largest absolute Gasteiger partial charge is 0.338 e. The summed E-state index contributed by atoms with van der Waals surface area (Å²) in [6, 6.07) is 4.70. The lowest BCUT2D eigenvalue weighted by molar-refractivity contribution is -0.125. The summed E-state index contributed by atoms with van der Waals surface area (Å²) in [5, 5.41) is 9.09. The van der Waals surface area contributed by atoms with Crippen LogP contribution in [0.3, 0.4) is 0 Å². The Balaban J connectivity index is 1.54. The summed E-state index contributed by atoms with van der Waals surface area (Å²) in [6.45, 7) is 0.750. The van der Waals surface area contributed by atoms with Gasteiger partial charge >= 0.3 is 6.03 Å². The Morgan fingerprint density at radius 3 is 2.60 bits per heavy atom. The lowest BCUT2D eigenvalue weighted by Crippen LogP contribution is -2.55. The molecule has 0 aliphatic carbocycles. The first-order chi connectivity index (χ1) is 12.1. The molecule has 4 heterocycles. The van der Waals surface area contributed by atoms with E-state index in [0.717, 1.165) is 0 Å². The maximum atomic E-state index is 12.9. The Morgan fingerprint density at radius 1 is 1.16 bits per heavy atom. The molecule has 4 rings (SSSR count). The molecule has 0 unspecified atom stereocenters. The van der Waals surface area contributed by atoms with Crippen molar-refractivity contribution in [3.8, 4) is 5.82 Å². The molecule has 0 saturated carbocycles. The van der Waals surface area contributed by atoms with Gasteiger partial charge in [-0.1, -0.05) is 0 Å². The van der Waals surface area contributed by atoms with Crippen molar-refractivity contribution in [3.05, 3.63) is 42.4 Å². The maximum Gasteiger partial charge on any atom is 0.322 e. The summed E-state index contributed by atoms with van der Waals surface area (Å²) < 4.78 is 1.54. The van der Waals surface area contributed by atoms with Crippen LogP contribution in [0.25, 0.3) is 5.82 Å². The molecule has 2 aliphatic rings. The van der Waals surface area contributed by atoms with E-state index in [4.69, 9.17) is 0 Å². The molecule has 1 spiro atoms. The molecule has 0 atom stereocenters. The van der Waals surface area contributed by atoms with E-state index in [1.807, 2.05) is 0 Å². The highest BCUT2D eigenvalue weighted by Crippen LogP contribution is 2.27. The van der Waals surface area contributed by atoms with Crippen molar-refractivity contribution in [1.29, 1.82) is 0 Å². The Bertz CT molecular complexity index is 839. The molecular weight excluding hydrogens is 324 g/mol. The molecule has 25 heavy (non-hydrogen) atoms. The molecule has 0 bridgehead atoms. The average Bonchev–Trinajstić information content (AvgIpc) is 3.24. The zero-order chi connectivity index (χ0) is 17.4. The number of hydrogen-bond acceptors (Lipinski definition) is 5. The van der Waals surface area contributed by atoms with Crippen molar-refractivity contribution in [2.24, 2.45) is 0 Å². The normalized spacial score (nSPS) is 19.0. The van der Waals surface area contributed by atoms with E-state index in [2.05, 4.69) is 20.7 Å². The smallest absolute Gasteiger partial charge is 0.322 e. The zero-order valence-corrected chi connectivity index (χ0v) is 13.3. The molecule has 2 aromatic heterocycles. The predicted molar refractivity (Wildman–Crippen MR) is 85.9 cm³/mol. The third-order valence-electron chi connectivity index (χ3n) is 4.66. The number of imide groups is 1. The monoisotopic (exact) mass is 340 g/mol. The fourth-order valence-corrected chi connectivity index (χ4v) is 3.28. The molecule has 2 fully saturated rings. The second kappa shape index (κ2) is 5.69. The van der Waals surface area contributed by atoms with Gasteiger partial charge in [0, 0.05) is 31.7 Å². The third kappa shape index (κ3) is 2.53. The first kappa shape index (κ1) is 15.3. The van der Waals surface area contributed by atoms with E-state index in [1.165, 1.54) is 0 Å². The molecule has 0 radical (unpaired) electrons. The first-order valence-electron chi connectivity index (χ1n) is 7.97. The topological polar surface area (TPSA) is 109 Å². The maximum absolute atomic E-state index is 12.9. The summed E-state index contributed by atoms with van der Waals surface area (Å²) in [5.41, 5.74) is -0.449. The van der Waals surface area contributed by atoms with Crippen molar-refractivity contribution < 1.29 is 14.4 Å². The molecule has 4 amide bonds. The van der Waals surface area contributed by atoms with Crippen LogP contribution in [0, 0.1) is 0 Å².